The Bertz CT molecular complexity index is 695. The van der Waals surface area contributed by atoms with Crippen molar-refractivity contribution in [1.82, 2.24) is 29.7 Å². The van der Waals surface area contributed by atoms with Crippen LogP contribution in [-0.4, -0.2) is 35.7 Å². The van der Waals surface area contributed by atoms with Crippen molar-refractivity contribution in [2.45, 2.75) is 0 Å². The van der Waals surface area contributed by atoms with Gasteiger partial charge in [-0.15, -0.1) is 0 Å². The molecule has 8 nitrogen and oxygen atoms in total. The van der Waals surface area contributed by atoms with Crippen LogP contribution in [0.2, 0.25) is 0 Å². The first-order chi connectivity index (χ1) is 10.3. The number of hydrogen-bond acceptors (Lipinski definition) is 5. The lowest BCUT2D eigenvalue weighted by molar-refractivity contribution is 0.0995. The van der Waals surface area contributed by atoms with Crippen LogP contribution in [0.25, 0.3) is 0 Å². The lowest BCUT2D eigenvalue weighted by Gasteiger charge is -2.01. The van der Waals surface area contributed by atoms with Crippen LogP contribution in [0.3, 0.4) is 0 Å². The Labute approximate surface area is 120 Å². The van der Waals surface area contributed by atoms with Crippen LogP contribution in [0.15, 0.2) is 67.6 Å². The van der Waals surface area contributed by atoms with E-state index in [2.05, 4.69) is 20.2 Å². The van der Waals surface area contributed by atoms with E-state index in [1.807, 2.05) is 0 Å². The van der Waals surface area contributed by atoms with Gasteiger partial charge in [0, 0.05) is 31.0 Å². The maximum atomic E-state index is 11.1. The van der Waals surface area contributed by atoms with E-state index >= 15 is 0 Å². The minimum absolute atomic E-state index is 0.135. The minimum atomic E-state index is -0.613. The van der Waals surface area contributed by atoms with Crippen LogP contribution in [0, 0.1) is 0 Å². The molecule has 0 saturated carbocycles. The molecule has 2 aromatic rings. The molecule has 0 fully saturated rings. The topological polar surface area (TPSA) is 105 Å². The lowest BCUT2D eigenvalue weighted by Crippen LogP contribution is -2.12. The third kappa shape index (κ3) is 4.39. The molecule has 0 aromatic carbocycles. The number of carbonyl (C=O) groups is 1. The van der Waals surface area contributed by atoms with Gasteiger partial charge in [0.25, 0.3) is 5.91 Å². The highest BCUT2D eigenvalue weighted by Gasteiger charge is 1.96. The molecule has 2 rings (SSSR count). The molecular weight excluding hydrogens is 270 g/mol. The van der Waals surface area contributed by atoms with Crippen molar-refractivity contribution in [2.75, 3.05) is 0 Å². The summed E-state index contributed by atoms with van der Waals surface area (Å²) in [5, 5.41) is 8.32. The third-order valence-corrected chi connectivity index (χ3v) is 2.24. The van der Waals surface area contributed by atoms with E-state index in [0.29, 0.717) is 0 Å². The Morgan fingerprint density at radius 3 is 2.52 bits per heavy atom. The van der Waals surface area contributed by atoms with Crippen molar-refractivity contribution >= 4 is 5.91 Å². The summed E-state index contributed by atoms with van der Waals surface area (Å²) in [7, 11) is 0. The predicted octanol–water partition coefficient (Wildman–Crippen LogP) is 0.529. The zero-order valence-electron chi connectivity index (χ0n) is 11.0. The zero-order valence-corrected chi connectivity index (χ0v) is 11.0. The normalized spacial score (nSPS) is 9.33. The van der Waals surface area contributed by atoms with E-state index in [9.17, 15) is 4.79 Å². The second kappa shape index (κ2) is 7.34. The van der Waals surface area contributed by atoms with Gasteiger partial charge in [-0.25, -0.2) is 4.98 Å². The van der Waals surface area contributed by atoms with Crippen molar-refractivity contribution in [3.63, 3.8) is 0 Å². The van der Waals surface area contributed by atoms with Gasteiger partial charge >= 0.3 is 0 Å². The van der Waals surface area contributed by atoms with Crippen LogP contribution in [0.4, 0.5) is 0 Å². The van der Waals surface area contributed by atoms with Crippen molar-refractivity contribution in [1.29, 1.82) is 0 Å². The minimum Gasteiger partial charge on any atom is -0.364 e. The Kier molecular flexibility index (Phi) is 4.93. The summed E-state index contributed by atoms with van der Waals surface area (Å²) in [5.41, 5.74) is 5.32. The molecule has 2 heterocycles. The first-order valence-electron chi connectivity index (χ1n) is 6.00. The van der Waals surface area contributed by atoms with Gasteiger partial charge in [-0.05, 0) is 24.3 Å². The monoisotopic (exact) mass is 283 g/mol. The van der Waals surface area contributed by atoms with Crippen LogP contribution in [0.5, 0.6) is 0 Å². The second-order valence-corrected chi connectivity index (χ2v) is 3.69. The highest BCUT2D eigenvalue weighted by Crippen LogP contribution is 1.88. The molecule has 106 valence electrons. The van der Waals surface area contributed by atoms with Crippen molar-refractivity contribution in [3.05, 3.63) is 73.3 Å². The fourth-order valence-corrected chi connectivity index (χ4v) is 1.33. The van der Waals surface area contributed by atoms with Crippen LogP contribution >= 0.6 is 0 Å². The van der Waals surface area contributed by atoms with Gasteiger partial charge in [-0.1, -0.05) is 0 Å². The standard InChI is InChI=1S/C13H13N7O/c14-13(21)12-4-3-10-19(18-8-7-16-12)20-11-9-15-5-1-2-6-17-20/h1-11H,(H2,14,21). The summed E-state index contributed by atoms with van der Waals surface area (Å²) in [5.74, 6) is -0.613. The molecule has 0 bridgehead atoms. The number of nitrogens with two attached hydrogens (primary N) is 1. The fraction of sp³-hybridized carbons (Fsp3) is 0. The predicted molar refractivity (Wildman–Crippen MR) is 74.6 cm³/mol. The first kappa shape index (κ1) is 14.1. The molecule has 1 amide bonds. The van der Waals surface area contributed by atoms with Gasteiger partial charge in [0.05, 0.1) is 12.4 Å². The maximum absolute atomic E-state index is 11.1. The number of amides is 1. The number of hydrogen-bond donors (Lipinski definition) is 1. The average Bonchev–Trinajstić information content (AvgIpc) is 2.68. The molecule has 0 saturated heterocycles. The molecule has 0 aliphatic carbocycles. The number of carbonyl (C=O) groups excluding carboxylic acids is 1. The molecule has 21 heavy (non-hydrogen) atoms. The Morgan fingerprint density at radius 1 is 0.905 bits per heavy atom. The van der Waals surface area contributed by atoms with E-state index in [-0.39, 0.29) is 5.69 Å². The fourth-order valence-electron chi connectivity index (χ4n) is 1.33. The molecular formula is C13H13N7O. The largest absolute Gasteiger partial charge is 0.364 e. The maximum Gasteiger partial charge on any atom is 0.267 e. The summed E-state index contributed by atoms with van der Waals surface area (Å²) in [6.07, 6.45) is 10.8. The average molecular weight is 283 g/mol. The van der Waals surface area contributed by atoms with E-state index in [4.69, 9.17) is 5.73 Å². The quantitative estimate of drug-likeness (QED) is 0.865. The SMILES string of the molecule is NC(=O)c1cccn(-n2ccnccccn2)nccn1. The van der Waals surface area contributed by atoms with E-state index in [1.165, 1.54) is 28.0 Å². The highest BCUT2D eigenvalue weighted by atomic mass is 16.1. The van der Waals surface area contributed by atoms with Gasteiger partial charge < -0.3 is 5.73 Å². The molecule has 2 N–H and O–H groups in total. The molecule has 0 radical (unpaired) electrons. The molecule has 0 atom stereocenters. The summed E-state index contributed by atoms with van der Waals surface area (Å²) in [6.45, 7) is 0. The molecule has 0 unspecified atom stereocenters. The van der Waals surface area contributed by atoms with E-state index in [0.717, 1.165) is 0 Å². The van der Waals surface area contributed by atoms with Gasteiger partial charge in [0.15, 0.2) is 0 Å². The van der Waals surface area contributed by atoms with Crippen LogP contribution < -0.4 is 5.73 Å². The van der Waals surface area contributed by atoms with Crippen molar-refractivity contribution in [2.24, 2.45) is 5.73 Å². The summed E-state index contributed by atoms with van der Waals surface area (Å²) in [4.78, 5) is 21.9. The highest BCUT2D eigenvalue weighted by molar-refractivity contribution is 5.90. The van der Waals surface area contributed by atoms with E-state index < -0.39 is 5.91 Å². The number of rotatable bonds is 2. The van der Waals surface area contributed by atoms with Gasteiger partial charge in [-0.3, -0.25) is 9.78 Å². The van der Waals surface area contributed by atoms with Gasteiger partial charge in [0.2, 0.25) is 0 Å². The smallest absolute Gasteiger partial charge is 0.267 e. The third-order valence-electron chi connectivity index (χ3n) is 2.24. The lowest BCUT2D eigenvalue weighted by atomic mass is 10.4. The summed E-state index contributed by atoms with van der Waals surface area (Å²) in [6, 6.07) is 6.57. The van der Waals surface area contributed by atoms with Crippen molar-refractivity contribution in [3.8, 4) is 0 Å². The summed E-state index contributed by atoms with van der Waals surface area (Å²) >= 11 is 0. The number of aromatic nitrogens is 6. The van der Waals surface area contributed by atoms with Gasteiger partial charge in [-0.2, -0.15) is 19.8 Å². The zero-order chi connectivity index (χ0) is 14.9. The number of nitrogens with zero attached hydrogens (tertiary/aromatic N) is 6. The van der Waals surface area contributed by atoms with Crippen LogP contribution in [-0.2, 0) is 0 Å². The van der Waals surface area contributed by atoms with Crippen molar-refractivity contribution < 1.29 is 4.79 Å². The van der Waals surface area contributed by atoms with E-state index in [1.54, 1.807) is 49.2 Å². The molecule has 0 aliphatic rings. The number of primary amides is 1. The summed E-state index contributed by atoms with van der Waals surface area (Å²) < 4.78 is 0. The Hall–Kier alpha value is -3.29. The Morgan fingerprint density at radius 2 is 1.67 bits per heavy atom. The molecule has 0 aliphatic heterocycles. The Balaban J connectivity index is 2.55. The molecule has 0 spiro atoms. The molecule has 2 aromatic heterocycles. The van der Waals surface area contributed by atoms with Gasteiger partial charge in [0.1, 0.15) is 5.69 Å². The molecule has 8 heteroatoms. The van der Waals surface area contributed by atoms with Crippen LogP contribution in [0.1, 0.15) is 10.5 Å². The first-order valence-corrected chi connectivity index (χ1v) is 6.00. The second-order valence-electron chi connectivity index (χ2n) is 3.69.